The van der Waals surface area contributed by atoms with Crippen molar-refractivity contribution >= 4 is 29.1 Å². The molecular weight excluding hydrogens is 446 g/mol. The Labute approximate surface area is 203 Å². The molecule has 1 aliphatic heterocycles. The fraction of sp³-hybridized carbons (Fsp3) is 0.179. The van der Waals surface area contributed by atoms with Gasteiger partial charge in [-0.1, -0.05) is 36.4 Å². The van der Waals surface area contributed by atoms with Gasteiger partial charge in [-0.15, -0.1) is 0 Å². The minimum atomic E-state index is -0.880. The van der Waals surface area contributed by atoms with E-state index in [1.165, 1.54) is 12.0 Å². The quantitative estimate of drug-likeness (QED) is 0.240. The molecular formula is C28H25NO6. The van der Waals surface area contributed by atoms with Crippen molar-refractivity contribution < 1.29 is 29.0 Å². The number of ether oxygens (including phenoxy) is 2. The maximum atomic E-state index is 13.3. The largest absolute Gasteiger partial charge is 0.507 e. The van der Waals surface area contributed by atoms with E-state index in [9.17, 15) is 19.5 Å². The van der Waals surface area contributed by atoms with Crippen LogP contribution in [0.2, 0.25) is 0 Å². The lowest BCUT2D eigenvalue weighted by Crippen LogP contribution is -2.29. The minimum Gasteiger partial charge on any atom is -0.507 e. The van der Waals surface area contributed by atoms with E-state index in [1.807, 2.05) is 31.2 Å². The van der Waals surface area contributed by atoms with Gasteiger partial charge in [0.15, 0.2) is 0 Å². The molecule has 0 saturated carbocycles. The molecule has 1 N–H and O–H groups in total. The van der Waals surface area contributed by atoms with Crippen LogP contribution in [0.25, 0.3) is 5.76 Å². The summed E-state index contributed by atoms with van der Waals surface area (Å²) in [4.78, 5) is 40.1. The maximum absolute atomic E-state index is 13.3. The lowest BCUT2D eigenvalue weighted by Gasteiger charge is -2.27. The van der Waals surface area contributed by atoms with Crippen LogP contribution < -0.4 is 9.64 Å². The first-order valence-electron chi connectivity index (χ1n) is 11.2. The van der Waals surface area contributed by atoms with Crippen LogP contribution in [0.4, 0.5) is 5.69 Å². The van der Waals surface area contributed by atoms with Gasteiger partial charge >= 0.3 is 5.97 Å². The highest BCUT2D eigenvalue weighted by atomic mass is 16.5. The number of carbonyl (C=O) groups is 3. The first kappa shape index (κ1) is 23.8. The Bertz CT molecular complexity index is 1330. The zero-order valence-corrected chi connectivity index (χ0v) is 19.6. The molecule has 1 aliphatic rings. The lowest BCUT2D eigenvalue weighted by atomic mass is 9.92. The number of carbonyl (C=O) groups excluding carboxylic acids is 3. The standard InChI is InChI=1S/C28H25NO6/c1-4-35-28(33)18-13-15-19(16-14-18)29-24(20-10-6-5-9-17(20)2)23(26(31)27(29)32)25(30)21-11-7-8-12-22(21)34-3/h5-16,24,30H,4H2,1-3H3/b25-23+. The Kier molecular flexibility index (Phi) is 6.68. The molecule has 0 aromatic heterocycles. The molecule has 0 bridgehead atoms. The molecule has 1 fully saturated rings. The number of nitrogens with zero attached hydrogens (tertiary/aromatic N) is 1. The fourth-order valence-corrected chi connectivity index (χ4v) is 4.24. The summed E-state index contributed by atoms with van der Waals surface area (Å²) in [5.74, 6) is -2.01. The summed E-state index contributed by atoms with van der Waals surface area (Å²) in [6.45, 7) is 3.84. The molecule has 7 nitrogen and oxygen atoms in total. The van der Waals surface area contributed by atoms with Crippen molar-refractivity contribution in [1.29, 1.82) is 0 Å². The van der Waals surface area contributed by atoms with Gasteiger partial charge in [-0.2, -0.15) is 0 Å². The number of methoxy groups -OCH3 is 1. The van der Waals surface area contributed by atoms with Crippen molar-refractivity contribution in [2.45, 2.75) is 19.9 Å². The van der Waals surface area contributed by atoms with Crippen molar-refractivity contribution in [2.24, 2.45) is 0 Å². The number of hydrogen-bond acceptors (Lipinski definition) is 6. The number of aryl methyl sites for hydroxylation is 1. The Hall–Kier alpha value is -4.39. The molecule has 1 saturated heterocycles. The van der Waals surface area contributed by atoms with E-state index in [1.54, 1.807) is 55.5 Å². The van der Waals surface area contributed by atoms with Gasteiger partial charge in [0.1, 0.15) is 11.5 Å². The van der Waals surface area contributed by atoms with Gasteiger partial charge in [0.25, 0.3) is 11.7 Å². The van der Waals surface area contributed by atoms with Gasteiger partial charge in [0.05, 0.1) is 36.5 Å². The Balaban J connectivity index is 1.91. The molecule has 0 spiro atoms. The van der Waals surface area contributed by atoms with Gasteiger partial charge in [-0.3, -0.25) is 14.5 Å². The second-order valence-electron chi connectivity index (χ2n) is 7.99. The second kappa shape index (κ2) is 9.85. The first-order valence-corrected chi connectivity index (χ1v) is 11.2. The average molecular weight is 472 g/mol. The van der Waals surface area contributed by atoms with Crippen molar-refractivity contribution in [2.75, 3.05) is 18.6 Å². The summed E-state index contributed by atoms with van der Waals surface area (Å²) >= 11 is 0. The Morgan fingerprint density at radius 2 is 1.63 bits per heavy atom. The molecule has 0 radical (unpaired) electrons. The highest BCUT2D eigenvalue weighted by Crippen LogP contribution is 2.44. The first-order chi connectivity index (χ1) is 16.9. The van der Waals surface area contributed by atoms with Gasteiger partial charge in [0, 0.05) is 5.69 Å². The third-order valence-electron chi connectivity index (χ3n) is 5.95. The molecule has 35 heavy (non-hydrogen) atoms. The summed E-state index contributed by atoms with van der Waals surface area (Å²) in [5.41, 5.74) is 2.55. The van der Waals surface area contributed by atoms with E-state index in [-0.39, 0.29) is 17.9 Å². The number of Topliss-reactive ketones (excluding diaryl/α,β-unsaturated/α-hetero) is 1. The zero-order chi connectivity index (χ0) is 25.1. The molecule has 7 heteroatoms. The Morgan fingerprint density at radius 3 is 2.29 bits per heavy atom. The molecule has 1 atom stereocenters. The molecule has 1 heterocycles. The fourth-order valence-electron chi connectivity index (χ4n) is 4.24. The number of ketones is 1. The number of amides is 1. The molecule has 3 aromatic carbocycles. The van der Waals surface area contributed by atoms with Gasteiger partial charge < -0.3 is 14.6 Å². The van der Waals surface area contributed by atoms with Gasteiger partial charge in [-0.25, -0.2) is 4.79 Å². The Morgan fingerprint density at radius 1 is 0.971 bits per heavy atom. The highest BCUT2D eigenvalue weighted by Gasteiger charge is 2.47. The number of esters is 1. The van der Waals surface area contributed by atoms with Crippen LogP contribution in [0.3, 0.4) is 0 Å². The van der Waals surface area contributed by atoms with E-state index in [0.29, 0.717) is 28.1 Å². The number of benzene rings is 3. The van der Waals surface area contributed by atoms with Crippen LogP contribution in [-0.4, -0.2) is 36.5 Å². The highest BCUT2D eigenvalue weighted by molar-refractivity contribution is 6.51. The number of para-hydroxylation sites is 1. The van der Waals surface area contributed by atoms with Crippen LogP contribution in [-0.2, 0) is 14.3 Å². The molecule has 178 valence electrons. The van der Waals surface area contributed by atoms with Crippen LogP contribution >= 0.6 is 0 Å². The van der Waals surface area contributed by atoms with E-state index in [4.69, 9.17) is 9.47 Å². The normalized spacial score (nSPS) is 16.9. The predicted octanol–water partition coefficient (Wildman–Crippen LogP) is 4.81. The van der Waals surface area contributed by atoms with E-state index < -0.39 is 23.7 Å². The summed E-state index contributed by atoms with van der Waals surface area (Å²) < 4.78 is 10.4. The summed E-state index contributed by atoms with van der Waals surface area (Å²) in [6, 6.07) is 19.5. The predicted molar refractivity (Wildman–Crippen MR) is 131 cm³/mol. The molecule has 3 aromatic rings. The van der Waals surface area contributed by atoms with Crippen molar-refractivity contribution in [3.8, 4) is 5.75 Å². The van der Waals surface area contributed by atoms with Crippen LogP contribution in [0.5, 0.6) is 5.75 Å². The number of rotatable bonds is 6. The monoisotopic (exact) mass is 471 g/mol. The minimum absolute atomic E-state index is 0.0386. The zero-order valence-electron chi connectivity index (χ0n) is 19.6. The van der Waals surface area contributed by atoms with Crippen LogP contribution in [0, 0.1) is 6.92 Å². The van der Waals surface area contributed by atoms with Crippen LogP contribution in [0.1, 0.15) is 40.0 Å². The van der Waals surface area contributed by atoms with Crippen molar-refractivity contribution in [3.63, 3.8) is 0 Å². The number of hydrogen-bond donors (Lipinski definition) is 1. The van der Waals surface area contributed by atoms with Crippen molar-refractivity contribution in [3.05, 3.63) is 101 Å². The lowest BCUT2D eigenvalue weighted by molar-refractivity contribution is -0.132. The van der Waals surface area contributed by atoms with E-state index in [2.05, 4.69) is 0 Å². The molecule has 1 amide bonds. The number of aliphatic hydroxyl groups is 1. The van der Waals surface area contributed by atoms with Crippen LogP contribution in [0.15, 0.2) is 78.4 Å². The SMILES string of the molecule is CCOC(=O)c1ccc(N2C(=O)C(=O)/C(=C(/O)c3ccccc3OC)C2c2ccccc2C)cc1. The molecule has 0 aliphatic carbocycles. The number of anilines is 1. The maximum Gasteiger partial charge on any atom is 0.338 e. The third kappa shape index (κ3) is 4.28. The average Bonchev–Trinajstić information content (AvgIpc) is 3.14. The smallest absolute Gasteiger partial charge is 0.338 e. The van der Waals surface area contributed by atoms with E-state index in [0.717, 1.165) is 5.56 Å². The van der Waals surface area contributed by atoms with Gasteiger partial charge in [0.2, 0.25) is 0 Å². The summed E-state index contributed by atoms with van der Waals surface area (Å²) in [6.07, 6.45) is 0. The summed E-state index contributed by atoms with van der Waals surface area (Å²) in [7, 11) is 1.47. The number of aliphatic hydroxyl groups excluding tert-OH is 1. The van der Waals surface area contributed by atoms with Gasteiger partial charge in [-0.05, 0) is 61.4 Å². The summed E-state index contributed by atoms with van der Waals surface area (Å²) in [5, 5.41) is 11.3. The molecule has 1 unspecified atom stereocenters. The van der Waals surface area contributed by atoms with Crippen molar-refractivity contribution in [1.82, 2.24) is 0 Å². The molecule has 4 rings (SSSR count). The second-order valence-corrected chi connectivity index (χ2v) is 7.99. The topological polar surface area (TPSA) is 93.1 Å². The van der Waals surface area contributed by atoms with E-state index >= 15 is 0 Å². The third-order valence-corrected chi connectivity index (χ3v) is 5.95.